The molecule has 0 aromatic heterocycles. The standard InChI is InChI=1S/C9H11F2N3O/c10-7-2-1-6(5-8(7)11)13-4-3-9(12)14-15/h1-2,5,13,15H,3-4H2,(H2,12,14). The maximum atomic E-state index is 12.7. The van der Waals surface area contributed by atoms with Crippen LogP contribution in [-0.2, 0) is 0 Å². The van der Waals surface area contributed by atoms with Crippen LogP contribution in [0.2, 0.25) is 0 Å². The van der Waals surface area contributed by atoms with E-state index in [4.69, 9.17) is 10.9 Å². The van der Waals surface area contributed by atoms with E-state index >= 15 is 0 Å². The monoisotopic (exact) mass is 215 g/mol. The summed E-state index contributed by atoms with van der Waals surface area (Å²) in [4.78, 5) is 0. The highest BCUT2D eigenvalue weighted by Crippen LogP contribution is 2.12. The van der Waals surface area contributed by atoms with Crippen LogP contribution in [0.5, 0.6) is 0 Å². The Labute approximate surface area is 85.4 Å². The van der Waals surface area contributed by atoms with Crippen molar-refractivity contribution >= 4 is 11.5 Å². The van der Waals surface area contributed by atoms with Gasteiger partial charge in [0.2, 0.25) is 0 Å². The Morgan fingerprint density at radius 1 is 1.40 bits per heavy atom. The van der Waals surface area contributed by atoms with Gasteiger partial charge in [0.15, 0.2) is 11.6 Å². The molecule has 0 bridgehead atoms. The summed E-state index contributed by atoms with van der Waals surface area (Å²) in [6.45, 7) is 0.376. The van der Waals surface area contributed by atoms with Crippen molar-refractivity contribution in [3.63, 3.8) is 0 Å². The average molecular weight is 215 g/mol. The predicted octanol–water partition coefficient (Wildman–Crippen LogP) is 1.51. The molecule has 0 aliphatic rings. The minimum Gasteiger partial charge on any atom is -0.409 e. The molecule has 4 N–H and O–H groups in total. The molecule has 1 aromatic carbocycles. The highest BCUT2D eigenvalue weighted by atomic mass is 19.2. The fourth-order valence-corrected chi connectivity index (χ4v) is 0.991. The van der Waals surface area contributed by atoms with Gasteiger partial charge < -0.3 is 16.3 Å². The number of anilines is 1. The second-order valence-corrected chi connectivity index (χ2v) is 2.90. The SMILES string of the molecule is NC(CCNc1ccc(F)c(F)c1)=NO. The van der Waals surface area contributed by atoms with Gasteiger partial charge in [0.1, 0.15) is 5.84 Å². The third-order valence-electron chi connectivity index (χ3n) is 1.76. The Balaban J connectivity index is 2.48. The van der Waals surface area contributed by atoms with Crippen LogP contribution < -0.4 is 11.1 Å². The summed E-state index contributed by atoms with van der Waals surface area (Å²) >= 11 is 0. The summed E-state index contributed by atoms with van der Waals surface area (Å²) < 4.78 is 25.3. The van der Waals surface area contributed by atoms with Crippen LogP contribution in [0.1, 0.15) is 6.42 Å². The molecule has 0 saturated carbocycles. The van der Waals surface area contributed by atoms with E-state index in [-0.39, 0.29) is 5.84 Å². The largest absolute Gasteiger partial charge is 0.409 e. The van der Waals surface area contributed by atoms with E-state index in [2.05, 4.69) is 10.5 Å². The number of nitrogens with one attached hydrogen (secondary N) is 1. The Morgan fingerprint density at radius 3 is 2.73 bits per heavy atom. The lowest BCUT2D eigenvalue weighted by Crippen LogP contribution is -2.16. The summed E-state index contributed by atoms with van der Waals surface area (Å²) in [7, 11) is 0. The highest BCUT2D eigenvalue weighted by Gasteiger charge is 2.01. The Hall–Kier alpha value is -1.85. The van der Waals surface area contributed by atoms with Crippen molar-refractivity contribution in [1.29, 1.82) is 0 Å². The quantitative estimate of drug-likeness (QED) is 0.308. The van der Waals surface area contributed by atoms with Crippen molar-refractivity contribution in [2.75, 3.05) is 11.9 Å². The van der Waals surface area contributed by atoms with Crippen LogP contribution in [0.15, 0.2) is 23.4 Å². The molecule has 6 heteroatoms. The van der Waals surface area contributed by atoms with Crippen molar-refractivity contribution in [1.82, 2.24) is 0 Å². The van der Waals surface area contributed by atoms with Crippen molar-refractivity contribution in [3.8, 4) is 0 Å². The first kappa shape index (κ1) is 11.2. The average Bonchev–Trinajstić information content (AvgIpc) is 2.23. The summed E-state index contributed by atoms with van der Waals surface area (Å²) in [5.41, 5.74) is 5.66. The summed E-state index contributed by atoms with van der Waals surface area (Å²) in [6.07, 6.45) is 0.315. The van der Waals surface area contributed by atoms with Gasteiger partial charge in [-0.05, 0) is 18.2 Å². The summed E-state index contributed by atoms with van der Waals surface area (Å²) in [6, 6.07) is 3.48. The lowest BCUT2D eigenvalue weighted by atomic mass is 10.3. The number of oxime groups is 1. The van der Waals surface area contributed by atoms with Gasteiger partial charge >= 0.3 is 0 Å². The molecular weight excluding hydrogens is 204 g/mol. The minimum absolute atomic E-state index is 0.0742. The van der Waals surface area contributed by atoms with E-state index in [9.17, 15) is 8.78 Å². The summed E-state index contributed by atoms with van der Waals surface area (Å²) in [5, 5.41) is 13.8. The van der Waals surface area contributed by atoms with Crippen LogP contribution >= 0.6 is 0 Å². The molecule has 82 valence electrons. The van der Waals surface area contributed by atoms with Crippen molar-refractivity contribution in [2.24, 2.45) is 10.9 Å². The number of hydrogen-bond donors (Lipinski definition) is 3. The van der Waals surface area contributed by atoms with E-state index in [0.29, 0.717) is 18.7 Å². The molecule has 0 fully saturated rings. The molecular formula is C9H11F2N3O. The lowest BCUT2D eigenvalue weighted by molar-refractivity contribution is 0.317. The van der Waals surface area contributed by atoms with Gasteiger partial charge in [0.05, 0.1) is 0 Å². The van der Waals surface area contributed by atoms with Gasteiger partial charge in [0, 0.05) is 18.7 Å². The molecule has 1 rings (SSSR count). The van der Waals surface area contributed by atoms with Gasteiger partial charge in [0.25, 0.3) is 0 Å². The van der Waals surface area contributed by atoms with Gasteiger partial charge in [-0.25, -0.2) is 8.78 Å². The fourth-order valence-electron chi connectivity index (χ4n) is 0.991. The first-order valence-electron chi connectivity index (χ1n) is 4.29. The third kappa shape index (κ3) is 3.41. The van der Waals surface area contributed by atoms with Gasteiger partial charge in [-0.3, -0.25) is 0 Å². The number of nitrogens with two attached hydrogens (primary N) is 1. The molecule has 0 amide bonds. The molecule has 0 atom stereocenters. The number of amidine groups is 1. The normalized spacial score (nSPS) is 11.5. The van der Waals surface area contributed by atoms with Gasteiger partial charge in [-0.1, -0.05) is 5.16 Å². The maximum Gasteiger partial charge on any atom is 0.160 e. The number of benzene rings is 1. The maximum absolute atomic E-state index is 12.7. The number of hydrogen-bond acceptors (Lipinski definition) is 3. The second kappa shape index (κ2) is 5.14. The molecule has 0 spiro atoms. The van der Waals surface area contributed by atoms with Crippen LogP contribution in [0.4, 0.5) is 14.5 Å². The first-order valence-corrected chi connectivity index (χ1v) is 4.29. The molecule has 4 nitrogen and oxygen atoms in total. The zero-order valence-electron chi connectivity index (χ0n) is 7.87. The van der Waals surface area contributed by atoms with Crippen LogP contribution in [0.25, 0.3) is 0 Å². The van der Waals surface area contributed by atoms with E-state index in [1.54, 1.807) is 0 Å². The Bertz CT molecular complexity index is 368. The van der Waals surface area contributed by atoms with E-state index in [1.807, 2.05) is 0 Å². The lowest BCUT2D eigenvalue weighted by Gasteiger charge is -2.05. The first-order chi connectivity index (χ1) is 7.13. The minimum atomic E-state index is -0.913. The van der Waals surface area contributed by atoms with Gasteiger partial charge in [-0.15, -0.1) is 0 Å². The second-order valence-electron chi connectivity index (χ2n) is 2.90. The molecule has 0 heterocycles. The predicted molar refractivity (Wildman–Crippen MR) is 52.9 cm³/mol. The van der Waals surface area contributed by atoms with Gasteiger partial charge in [-0.2, -0.15) is 0 Å². The van der Waals surface area contributed by atoms with E-state index in [0.717, 1.165) is 12.1 Å². The van der Waals surface area contributed by atoms with Crippen molar-refractivity contribution in [2.45, 2.75) is 6.42 Å². The molecule has 0 aliphatic carbocycles. The molecule has 0 saturated heterocycles. The molecule has 1 aromatic rings. The molecule has 0 radical (unpaired) electrons. The zero-order chi connectivity index (χ0) is 11.3. The number of halogens is 2. The van der Waals surface area contributed by atoms with Crippen LogP contribution in [-0.4, -0.2) is 17.6 Å². The number of rotatable bonds is 4. The fraction of sp³-hybridized carbons (Fsp3) is 0.222. The smallest absolute Gasteiger partial charge is 0.160 e. The van der Waals surface area contributed by atoms with Crippen molar-refractivity contribution < 1.29 is 14.0 Å². The summed E-state index contributed by atoms with van der Waals surface area (Å²) in [5.74, 6) is -1.73. The Morgan fingerprint density at radius 2 is 2.13 bits per heavy atom. The number of nitrogens with zero attached hydrogens (tertiary/aromatic N) is 1. The molecule has 0 unspecified atom stereocenters. The van der Waals surface area contributed by atoms with E-state index < -0.39 is 11.6 Å². The van der Waals surface area contributed by atoms with Crippen LogP contribution in [0.3, 0.4) is 0 Å². The highest BCUT2D eigenvalue weighted by molar-refractivity contribution is 5.80. The Kier molecular flexibility index (Phi) is 3.84. The zero-order valence-corrected chi connectivity index (χ0v) is 7.87. The van der Waals surface area contributed by atoms with E-state index in [1.165, 1.54) is 6.07 Å². The molecule has 0 aliphatic heterocycles. The van der Waals surface area contributed by atoms with Crippen LogP contribution in [0, 0.1) is 11.6 Å². The van der Waals surface area contributed by atoms with Crippen molar-refractivity contribution in [3.05, 3.63) is 29.8 Å². The third-order valence-corrected chi connectivity index (χ3v) is 1.76. The topological polar surface area (TPSA) is 70.6 Å². The molecule has 15 heavy (non-hydrogen) atoms.